The zero-order valence-electron chi connectivity index (χ0n) is 11.5. The molecule has 0 aliphatic heterocycles. The van der Waals surface area contributed by atoms with Gasteiger partial charge in [-0.15, -0.1) is 0 Å². The van der Waals surface area contributed by atoms with Crippen LogP contribution in [-0.4, -0.2) is 13.4 Å². The quantitative estimate of drug-likeness (QED) is 0.944. The zero-order chi connectivity index (χ0) is 15.6. The maximum atomic E-state index is 13.5. The van der Waals surface area contributed by atoms with Gasteiger partial charge in [0.1, 0.15) is 5.82 Å². The van der Waals surface area contributed by atoms with Crippen molar-refractivity contribution < 1.29 is 17.2 Å². The summed E-state index contributed by atoms with van der Waals surface area (Å²) in [6, 6.07) is 6.01. The van der Waals surface area contributed by atoms with Gasteiger partial charge in [-0.3, -0.25) is 0 Å². The number of sulfonamides is 1. The number of aromatic nitrogens is 1. The predicted molar refractivity (Wildman–Crippen MR) is 74.1 cm³/mol. The van der Waals surface area contributed by atoms with Crippen molar-refractivity contribution in [2.24, 2.45) is 0 Å². The van der Waals surface area contributed by atoms with Gasteiger partial charge in [0.25, 0.3) is 10.0 Å². The molecule has 0 saturated heterocycles. The zero-order valence-corrected chi connectivity index (χ0v) is 12.3. The molecule has 0 amide bonds. The van der Waals surface area contributed by atoms with Gasteiger partial charge in [-0.25, -0.2) is 26.9 Å². The van der Waals surface area contributed by atoms with Gasteiger partial charge in [-0.1, -0.05) is 12.1 Å². The molecule has 4 nitrogen and oxygen atoms in total. The highest BCUT2D eigenvalue weighted by Gasteiger charge is 2.23. The number of nitrogens with zero attached hydrogens (tertiary/aromatic N) is 1. The Morgan fingerprint density at radius 3 is 2.52 bits per heavy atom. The molecule has 0 radical (unpaired) electrons. The largest absolute Gasteiger partial charge is 0.261 e. The van der Waals surface area contributed by atoms with Gasteiger partial charge >= 0.3 is 0 Å². The summed E-state index contributed by atoms with van der Waals surface area (Å²) in [5.74, 6) is -1.37. The van der Waals surface area contributed by atoms with E-state index in [9.17, 15) is 17.2 Å². The third-order valence-corrected chi connectivity index (χ3v) is 4.48. The van der Waals surface area contributed by atoms with Crippen LogP contribution in [0.5, 0.6) is 0 Å². The molecule has 1 unspecified atom stereocenters. The first kappa shape index (κ1) is 15.5. The maximum absolute atomic E-state index is 13.5. The molecular weight excluding hydrogens is 298 g/mol. The van der Waals surface area contributed by atoms with Crippen molar-refractivity contribution in [1.82, 2.24) is 9.71 Å². The fraction of sp³-hybridized carbons (Fsp3) is 0.214. The summed E-state index contributed by atoms with van der Waals surface area (Å²) in [5, 5.41) is -0.676. The fourth-order valence-corrected chi connectivity index (χ4v) is 3.04. The number of nitrogens with one attached hydrogen (secondary N) is 1. The van der Waals surface area contributed by atoms with Crippen LogP contribution in [-0.2, 0) is 10.0 Å². The predicted octanol–water partition coefficient (Wildman–Crippen LogP) is 2.71. The molecule has 7 heteroatoms. The van der Waals surface area contributed by atoms with Gasteiger partial charge in [-0.05, 0) is 43.2 Å². The molecule has 1 heterocycles. The van der Waals surface area contributed by atoms with Gasteiger partial charge in [0.15, 0.2) is 5.82 Å². The minimum absolute atomic E-state index is 0.428. The number of hydrogen-bond acceptors (Lipinski definition) is 3. The number of pyridine rings is 1. The minimum atomic E-state index is -4.12. The Morgan fingerprint density at radius 2 is 1.90 bits per heavy atom. The van der Waals surface area contributed by atoms with Crippen molar-refractivity contribution in [3.05, 3.63) is 59.3 Å². The van der Waals surface area contributed by atoms with E-state index in [1.54, 1.807) is 26.0 Å². The molecular formula is C14H14F2N2O2S. The van der Waals surface area contributed by atoms with Crippen LogP contribution >= 0.6 is 0 Å². The fourth-order valence-electron chi connectivity index (χ4n) is 1.80. The molecule has 0 aliphatic rings. The van der Waals surface area contributed by atoms with Gasteiger partial charge in [0.2, 0.25) is 5.03 Å². The summed E-state index contributed by atoms with van der Waals surface area (Å²) in [6.07, 6.45) is 1.19. The number of aryl methyl sites for hydroxylation is 1. The molecule has 1 atom stereocenters. The molecule has 2 rings (SSSR count). The third kappa shape index (κ3) is 3.43. The second-order valence-electron chi connectivity index (χ2n) is 4.64. The van der Waals surface area contributed by atoms with Crippen LogP contribution in [0, 0.1) is 18.6 Å². The van der Waals surface area contributed by atoms with Crippen molar-refractivity contribution >= 4 is 10.0 Å². The maximum Gasteiger partial charge on any atom is 0.261 e. The van der Waals surface area contributed by atoms with E-state index in [-0.39, 0.29) is 0 Å². The van der Waals surface area contributed by atoms with Gasteiger partial charge in [0.05, 0.1) is 0 Å². The summed E-state index contributed by atoms with van der Waals surface area (Å²) in [4.78, 5) is 3.53. The molecule has 1 aromatic heterocycles. The van der Waals surface area contributed by atoms with Crippen LogP contribution in [0.25, 0.3) is 0 Å². The molecule has 1 aromatic carbocycles. The van der Waals surface area contributed by atoms with Crippen molar-refractivity contribution in [3.63, 3.8) is 0 Å². The molecule has 0 saturated carbocycles. The van der Waals surface area contributed by atoms with E-state index in [0.717, 1.165) is 6.07 Å². The lowest BCUT2D eigenvalue weighted by Gasteiger charge is -2.15. The SMILES string of the molecule is Cc1ccc(C(C)NS(=O)(=O)c2ncccc2F)cc1F. The Morgan fingerprint density at radius 1 is 1.19 bits per heavy atom. The first-order valence-corrected chi connectivity index (χ1v) is 7.68. The van der Waals surface area contributed by atoms with Crippen molar-refractivity contribution in [3.8, 4) is 0 Å². The first-order chi connectivity index (χ1) is 9.81. The van der Waals surface area contributed by atoms with E-state index < -0.39 is 32.7 Å². The van der Waals surface area contributed by atoms with Crippen LogP contribution in [0.2, 0.25) is 0 Å². The van der Waals surface area contributed by atoms with E-state index in [0.29, 0.717) is 11.1 Å². The molecule has 0 fully saturated rings. The van der Waals surface area contributed by atoms with E-state index in [1.165, 1.54) is 18.3 Å². The number of hydrogen-bond donors (Lipinski definition) is 1. The Bertz CT molecular complexity index is 763. The van der Waals surface area contributed by atoms with Crippen molar-refractivity contribution in [1.29, 1.82) is 0 Å². The van der Waals surface area contributed by atoms with Crippen molar-refractivity contribution in [2.45, 2.75) is 24.9 Å². The van der Waals surface area contributed by atoms with E-state index >= 15 is 0 Å². The summed E-state index contributed by atoms with van der Waals surface area (Å²) < 4.78 is 53.5. The Labute approximate surface area is 121 Å². The normalized spacial score (nSPS) is 13.1. The molecule has 2 aromatic rings. The van der Waals surface area contributed by atoms with Crippen LogP contribution in [0.3, 0.4) is 0 Å². The first-order valence-electron chi connectivity index (χ1n) is 6.20. The number of halogens is 2. The van der Waals surface area contributed by atoms with Crippen LogP contribution in [0.15, 0.2) is 41.6 Å². The lowest BCUT2D eigenvalue weighted by Crippen LogP contribution is -2.28. The Hall–Kier alpha value is -1.86. The van der Waals surface area contributed by atoms with Gasteiger partial charge in [0, 0.05) is 12.2 Å². The number of rotatable bonds is 4. The van der Waals surface area contributed by atoms with Gasteiger partial charge in [-0.2, -0.15) is 0 Å². The topological polar surface area (TPSA) is 59.1 Å². The molecule has 0 spiro atoms. The third-order valence-electron chi connectivity index (χ3n) is 3.01. The van der Waals surface area contributed by atoms with E-state index in [1.807, 2.05) is 0 Å². The molecule has 112 valence electrons. The summed E-state index contributed by atoms with van der Waals surface area (Å²) >= 11 is 0. The highest BCUT2D eigenvalue weighted by Crippen LogP contribution is 2.19. The van der Waals surface area contributed by atoms with Crippen LogP contribution in [0.1, 0.15) is 24.1 Å². The highest BCUT2D eigenvalue weighted by atomic mass is 32.2. The van der Waals surface area contributed by atoms with Crippen molar-refractivity contribution in [2.75, 3.05) is 0 Å². The summed E-state index contributed by atoms with van der Waals surface area (Å²) in [6.45, 7) is 3.15. The molecule has 21 heavy (non-hydrogen) atoms. The minimum Gasteiger partial charge on any atom is -0.241 e. The number of benzene rings is 1. The standard InChI is InChI=1S/C14H14F2N2O2S/c1-9-5-6-11(8-13(9)16)10(2)18-21(19,20)14-12(15)4-3-7-17-14/h3-8,10,18H,1-2H3. The molecule has 1 N–H and O–H groups in total. The monoisotopic (exact) mass is 312 g/mol. The second-order valence-corrected chi connectivity index (χ2v) is 6.27. The van der Waals surface area contributed by atoms with Crippen LogP contribution < -0.4 is 4.72 Å². The lowest BCUT2D eigenvalue weighted by molar-refractivity contribution is 0.535. The van der Waals surface area contributed by atoms with E-state index in [4.69, 9.17) is 0 Å². The molecule has 0 bridgehead atoms. The highest BCUT2D eigenvalue weighted by molar-refractivity contribution is 7.89. The smallest absolute Gasteiger partial charge is 0.241 e. The lowest BCUT2D eigenvalue weighted by atomic mass is 10.1. The Balaban J connectivity index is 2.28. The average Bonchev–Trinajstić information content (AvgIpc) is 2.41. The second kappa shape index (κ2) is 5.87. The van der Waals surface area contributed by atoms with Gasteiger partial charge < -0.3 is 0 Å². The summed E-state index contributed by atoms with van der Waals surface area (Å²) in [7, 11) is -4.12. The average molecular weight is 312 g/mol. The Kier molecular flexibility index (Phi) is 4.34. The summed E-state index contributed by atoms with van der Waals surface area (Å²) in [5.41, 5.74) is 0.905. The van der Waals surface area contributed by atoms with E-state index in [2.05, 4.69) is 9.71 Å². The molecule has 0 aliphatic carbocycles. The van der Waals surface area contributed by atoms with Crippen LogP contribution in [0.4, 0.5) is 8.78 Å².